The van der Waals surface area contributed by atoms with Crippen molar-refractivity contribution in [2.75, 3.05) is 0 Å². The molecule has 0 amide bonds. The molecule has 4 unspecified atom stereocenters. The number of nitrogens with zero attached hydrogens (tertiary/aromatic N) is 1. The Morgan fingerprint density at radius 3 is 2.95 bits per heavy atom. The Bertz CT molecular complexity index is 458. The van der Waals surface area contributed by atoms with Crippen LogP contribution >= 0.6 is 0 Å². The van der Waals surface area contributed by atoms with Gasteiger partial charge in [-0.05, 0) is 62.0 Å². The number of hydrogen-bond acceptors (Lipinski definition) is 2. The van der Waals surface area contributed by atoms with E-state index in [0.717, 1.165) is 38.0 Å². The third-order valence-corrected chi connectivity index (χ3v) is 5.45. The van der Waals surface area contributed by atoms with Crippen molar-refractivity contribution < 1.29 is 5.11 Å². The third kappa shape index (κ3) is 2.20. The van der Waals surface area contributed by atoms with E-state index < -0.39 is 5.60 Å². The summed E-state index contributed by atoms with van der Waals surface area (Å²) in [5, 5.41) is 11.3. The van der Waals surface area contributed by atoms with E-state index in [0.29, 0.717) is 5.92 Å². The van der Waals surface area contributed by atoms with Crippen LogP contribution in [0.5, 0.6) is 0 Å². The average molecular weight is 259 g/mol. The lowest BCUT2D eigenvalue weighted by atomic mass is 9.63. The highest BCUT2D eigenvalue weighted by Gasteiger charge is 2.46. The number of pyridine rings is 1. The van der Waals surface area contributed by atoms with Crippen molar-refractivity contribution in [1.29, 1.82) is 0 Å². The van der Waals surface area contributed by atoms with Gasteiger partial charge in [0.25, 0.3) is 0 Å². The first kappa shape index (κ1) is 13.1. The molecule has 0 radical (unpaired) electrons. The normalized spacial score (nSPS) is 38.8. The Balaban J connectivity index is 1.94. The zero-order chi connectivity index (χ0) is 13.5. The van der Waals surface area contributed by atoms with Crippen molar-refractivity contribution in [3.63, 3.8) is 0 Å². The van der Waals surface area contributed by atoms with Crippen LogP contribution in [-0.4, -0.2) is 15.7 Å². The predicted octanol–water partition coefficient (Wildman–Crippen LogP) is 3.69. The number of aliphatic hydroxyl groups is 1. The molecule has 2 aliphatic rings. The van der Waals surface area contributed by atoms with Crippen LogP contribution in [0.3, 0.4) is 0 Å². The lowest BCUT2D eigenvalue weighted by Gasteiger charge is -2.47. The average Bonchev–Trinajstić information content (AvgIpc) is 2.43. The lowest BCUT2D eigenvalue weighted by molar-refractivity contribution is -0.0790. The van der Waals surface area contributed by atoms with Gasteiger partial charge in [0.15, 0.2) is 0 Å². The molecule has 1 aromatic heterocycles. The molecule has 1 heterocycles. The minimum Gasteiger partial charge on any atom is -0.389 e. The van der Waals surface area contributed by atoms with Crippen LogP contribution in [0.15, 0.2) is 18.3 Å². The summed E-state index contributed by atoms with van der Waals surface area (Å²) in [6.07, 6.45) is 8.54. The largest absolute Gasteiger partial charge is 0.389 e. The van der Waals surface area contributed by atoms with Gasteiger partial charge in [-0.3, -0.25) is 4.98 Å². The van der Waals surface area contributed by atoms with E-state index in [2.05, 4.69) is 24.9 Å². The van der Waals surface area contributed by atoms with Gasteiger partial charge in [-0.15, -0.1) is 0 Å². The Hall–Kier alpha value is -0.890. The van der Waals surface area contributed by atoms with Gasteiger partial charge in [-0.1, -0.05) is 19.9 Å². The van der Waals surface area contributed by atoms with Crippen LogP contribution < -0.4 is 0 Å². The first-order valence-corrected chi connectivity index (χ1v) is 7.77. The number of aromatic nitrogens is 1. The highest BCUT2D eigenvalue weighted by atomic mass is 16.3. The number of rotatable bonds is 1. The fourth-order valence-electron chi connectivity index (χ4n) is 4.26. The van der Waals surface area contributed by atoms with Crippen LogP contribution in [0.4, 0.5) is 0 Å². The van der Waals surface area contributed by atoms with Crippen molar-refractivity contribution in [3.8, 4) is 0 Å². The summed E-state index contributed by atoms with van der Waals surface area (Å²) in [6, 6.07) is 4.21. The highest BCUT2D eigenvalue weighted by Crippen LogP contribution is 2.48. The lowest BCUT2D eigenvalue weighted by Crippen LogP contribution is -2.47. The first-order valence-electron chi connectivity index (χ1n) is 7.77. The summed E-state index contributed by atoms with van der Waals surface area (Å²) >= 11 is 0. The maximum absolute atomic E-state index is 11.3. The van der Waals surface area contributed by atoms with E-state index in [1.54, 1.807) is 0 Å². The second-order valence-electron chi connectivity index (χ2n) is 6.76. The minimum atomic E-state index is -0.532. The molecule has 104 valence electrons. The summed E-state index contributed by atoms with van der Waals surface area (Å²) in [5.41, 5.74) is 2.01. The number of hydrogen-bond donors (Lipinski definition) is 1. The topological polar surface area (TPSA) is 33.1 Å². The van der Waals surface area contributed by atoms with E-state index in [9.17, 15) is 5.11 Å². The minimum absolute atomic E-state index is 0.250. The smallest absolute Gasteiger partial charge is 0.0756 e. The zero-order valence-electron chi connectivity index (χ0n) is 12.1. The molecule has 1 aromatic rings. The van der Waals surface area contributed by atoms with Crippen molar-refractivity contribution in [3.05, 3.63) is 29.6 Å². The van der Waals surface area contributed by atoms with E-state index in [-0.39, 0.29) is 5.92 Å². The Labute approximate surface area is 116 Å². The standard InChI is InChI=1S/C17H25NO/c1-12-8-9-17(19,13(2)11-12)15-7-3-5-14-6-4-10-18-16(14)15/h4,6,10,12-13,15,19H,3,5,7-9,11H2,1-2H3. The molecular formula is C17H25NO. The highest BCUT2D eigenvalue weighted by molar-refractivity contribution is 5.29. The van der Waals surface area contributed by atoms with E-state index in [1.807, 2.05) is 12.3 Å². The fraction of sp³-hybridized carbons (Fsp3) is 0.706. The Morgan fingerprint density at radius 2 is 2.16 bits per heavy atom. The monoisotopic (exact) mass is 259 g/mol. The summed E-state index contributed by atoms with van der Waals surface area (Å²) in [5.74, 6) is 1.39. The van der Waals surface area contributed by atoms with Crippen molar-refractivity contribution in [2.24, 2.45) is 11.8 Å². The molecule has 0 aromatic carbocycles. The maximum Gasteiger partial charge on any atom is 0.0756 e. The molecule has 2 aliphatic carbocycles. The molecule has 1 N–H and O–H groups in total. The van der Waals surface area contributed by atoms with Gasteiger partial charge in [0.1, 0.15) is 0 Å². The summed E-state index contributed by atoms with van der Waals surface area (Å²) in [7, 11) is 0. The Morgan fingerprint density at radius 1 is 1.32 bits per heavy atom. The van der Waals surface area contributed by atoms with Gasteiger partial charge in [0.05, 0.1) is 5.60 Å². The van der Waals surface area contributed by atoms with Gasteiger partial charge in [-0.25, -0.2) is 0 Å². The Kier molecular flexibility index (Phi) is 3.38. The molecule has 0 aliphatic heterocycles. The molecular weight excluding hydrogens is 234 g/mol. The SMILES string of the molecule is CC1CCC(O)(C2CCCc3cccnc32)C(C)C1. The van der Waals surface area contributed by atoms with Crippen LogP contribution in [0.1, 0.15) is 63.1 Å². The number of aryl methyl sites for hydroxylation is 1. The first-order chi connectivity index (χ1) is 9.11. The van der Waals surface area contributed by atoms with E-state index >= 15 is 0 Å². The third-order valence-electron chi connectivity index (χ3n) is 5.45. The molecule has 0 bridgehead atoms. The summed E-state index contributed by atoms with van der Waals surface area (Å²) in [6.45, 7) is 4.54. The molecule has 19 heavy (non-hydrogen) atoms. The molecule has 1 fully saturated rings. The molecule has 2 heteroatoms. The maximum atomic E-state index is 11.3. The molecule has 4 atom stereocenters. The fourth-order valence-corrected chi connectivity index (χ4v) is 4.26. The predicted molar refractivity (Wildman–Crippen MR) is 77.0 cm³/mol. The van der Waals surface area contributed by atoms with Gasteiger partial charge in [-0.2, -0.15) is 0 Å². The van der Waals surface area contributed by atoms with Gasteiger partial charge in [0, 0.05) is 17.8 Å². The molecule has 1 saturated carbocycles. The van der Waals surface area contributed by atoms with Gasteiger partial charge < -0.3 is 5.11 Å². The second-order valence-corrected chi connectivity index (χ2v) is 6.76. The summed E-state index contributed by atoms with van der Waals surface area (Å²) < 4.78 is 0. The molecule has 2 nitrogen and oxygen atoms in total. The van der Waals surface area contributed by atoms with Crippen molar-refractivity contribution >= 4 is 0 Å². The quantitative estimate of drug-likeness (QED) is 0.834. The molecule has 0 saturated heterocycles. The zero-order valence-corrected chi connectivity index (χ0v) is 12.1. The van der Waals surface area contributed by atoms with Crippen molar-refractivity contribution in [1.82, 2.24) is 4.98 Å². The van der Waals surface area contributed by atoms with Crippen LogP contribution in [-0.2, 0) is 6.42 Å². The van der Waals surface area contributed by atoms with E-state index in [1.165, 1.54) is 17.7 Å². The summed E-state index contributed by atoms with van der Waals surface area (Å²) in [4.78, 5) is 4.61. The van der Waals surface area contributed by atoms with Crippen LogP contribution in [0, 0.1) is 11.8 Å². The van der Waals surface area contributed by atoms with Gasteiger partial charge in [0.2, 0.25) is 0 Å². The van der Waals surface area contributed by atoms with E-state index in [4.69, 9.17) is 0 Å². The second kappa shape index (κ2) is 4.90. The van der Waals surface area contributed by atoms with Gasteiger partial charge >= 0.3 is 0 Å². The number of fused-ring (bicyclic) bond motifs is 1. The van der Waals surface area contributed by atoms with Crippen LogP contribution in [0.25, 0.3) is 0 Å². The molecule has 3 rings (SSSR count). The van der Waals surface area contributed by atoms with Crippen LogP contribution in [0.2, 0.25) is 0 Å². The molecule has 0 spiro atoms. The van der Waals surface area contributed by atoms with Crippen molar-refractivity contribution in [2.45, 2.75) is 63.9 Å².